The third-order valence-electron chi connectivity index (χ3n) is 4.10. The molecule has 3 aromatic rings. The fraction of sp³-hybridized carbons (Fsp3) is 0.235. The first-order valence-corrected chi connectivity index (χ1v) is 7.60. The fourth-order valence-corrected chi connectivity index (χ4v) is 2.75. The van der Waals surface area contributed by atoms with E-state index in [-0.39, 0.29) is 0 Å². The van der Waals surface area contributed by atoms with Gasteiger partial charge in [0.1, 0.15) is 5.82 Å². The maximum Gasteiger partial charge on any atom is 0.410 e. The molecule has 1 aliphatic carbocycles. The van der Waals surface area contributed by atoms with Crippen LogP contribution in [0.1, 0.15) is 12.8 Å². The lowest BCUT2D eigenvalue weighted by molar-refractivity contribution is 0.209. The summed E-state index contributed by atoms with van der Waals surface area (Å²) in [6.45, 7) is 1.04. The van der Waals surface area contributed by atoms with Crippen molar-refractivity contribution in [2.24, 2.45) is 5.92 Å². The molecule has 23 heavy (non-hydrogen) atoms. The van der Waals surface area contributed by atoms with Gasteiger partial charge in [0.05, 0.1) is 11.0 Å². The molecule has 3 heterocycles. The van der Waals surface area contributed by atoms with Crippen LogP contribution in [0.3, 0.4) is 0 Å². The van der Waals surface area contributed by atoms with E-state index in [1.165, 1.54) is 12.8 Å². The van der Waals surface area contributed by atoms with Crippen molar-refractivity contribution in [1.29, 1.82) is 0 Å². The van der Waals surface area contributed by atoms with Crippen LogP contribution >= 0.6 is 0 Å². The van der Waals surface area contributed by atoms with Crippen molar-refractivity contribution < 1.29 is 9.90 Å². The second-order valence-electron chi connectivity index (χ2n) is 5.90. The van der Waals surface area contributed by atoms with Crippen LogP contribution in [0, 0.1) is 5.92 Å². The van der Waals surface area contributed by atoms with Crippen LogP contribution < -0.4 is 5.32 Å². The van der Waals surface area contributed by atoms with Gasteiger partial charge >= 0.3 is 6.09 Å². The molecule has 0 atom stereocenters. The summed E-state index contributed by atoms with van der Waals surface area (Å²) < 4.78 is 2.25. The van der Waals surface area contributed by atoms with E-state index in [0.29, 0.717) is 5.82 Å². The molecule has 0 saturated heterocycles. The Hall–Kier alpha value is -2.89. The van der Waals surface area contributed by atoms with Gasteiger partial charge in [0.2, 0.25) is 0 Å². The molecule has 4 rings (SSSR count). The monoisotopic (exact) mass is 308 g/mol. The van der Waals surface area contributed by atoms with Gasteiger partial charge in [0.15, 0.2) is 0 Å². The molecule has 1 fully saturated rings. The Labute approximate surface area is 132 Å². The molecule has 6 nitrogen and oxygen atoms in total. The van der Waals surface area contributed by atoms with Gasteiger partial charge in [-0.2, -0.15) is 0 Å². The Bertz CT molecular complexity index is 883. The molecule has 0 aromatic carbocycles. The van der Waals surface area contributed by atoms with Crippen molar-refractivity contribution in [3.63, 3.8) is 0 Å². The lowest BCUT2D eigenvalue weighted by Gasteiger charge is -2.07. The maximum absolute atomic E-state index is 10.7. The largest absolute Gasteiger partial charge is 0.465 e. The van der Waals surface area contributed by atoms with Crippen molar-refractivity contribution in [3.8, 4) is 11.1 Å². The molecule has 0 bridgehead atoms. The van der Waals surface area contributed by atoms with Crippen molar-refractivity contribution >= 4 is 22.9 Å². The van der Waals surface area contributed by atoms with Gasteiger partial charge in [0, 0.05) is 30.7 Å². The number of carbonyl (C=O) groups is 1. The molecule has 6 heteroatoms. The molecule has 1 aliphatic rings. The van der Waals surface area contributed by atoms with Crippen LogP contribution in [-0.4, -0.2) is 25.7 Å². The third kappa shape index (κ3) is 2.88. The van der Waals surface area contributed by atoms with Crippen molar-refractivity contribution in [2.45, 2.75) is 19.4 Å². The van der Waals surface area contributed by atoms with Crippen LogP contribution in [-0.2, 0) is 6.54 Å². The zero-order valence-corrected chi connectivity index (χ0v) is 12.4. The van der Waals surface area contributed by atoms with Gasteiger partial charge in [-0.1, -0.05) is 0 Å². The van der Waals surface area contributed by atoms with E-state index in [1.807, 2.05) is 18.3 Å². The Morgan fingerprint density at radius 1 is 1.26 bits per heavy atom. The summed E-state index contributed by atoms with van der Waals surface area (Å²) in [4.78, 5) is 19.3. The summed E-state index contributed by atoms with van der Waals surface area (Å²) >= 11 is 0. The predicted molar refractivity (Wildman–Crippen MR) is 87.3 cm³/mol. The molecule has 2 N–H and O–H groups in total. The normalized spacial score (nSPS) is 14.1. The van der Waals surface area contributed by atoms with Crippen LogP contribution in [0.4, 0.5) is 10.6 Å². The average Bonchev–Trinajstić information content (AvgIpc) is 3.26. The lowest BCUT2D eigenvalue weighted by Crippen LogP contribution is -2.08. The van der Waals surface area contributed by atoms with Gasteiger partial charge in [-0.15, -0.1) is 0 Å². The van der Waals surface area contributed by atoms with Gasteiger partial charge in [-0.25, -0.2) is 9.78 Å². The Morgan fingerprint density at radius 3 is 2.91 bits per heavy atom. The lowest BCUT2D eigenvalue weighted by atomic mass is 10.1. The molecule has 0 aliphatic heterocycles. The fourth-order valence-electron chi connectivity index (χ4n) is 2.75. The quantitative estimate of drug-likeness (QED) is 0.771. The number of pyridine rings is 2. The number of hydrogen-bond donors (Lipinski definition) is 2. The first kappa shape index (κ1) is 13.8. The molecule has 0 spiro atoms. The summed E-state index contributed by atoms with van der Waals surface area (Å²) in [6.07, 6.45) is 6.98. The molecular weight excluding hydrogens is 292 g/mol. The van der Waals surface area contributed by atoms with Gasteiger partial charge in [0.25, 0.3) is 0 Å². The number of carboxylic acid groups (broad SMARTS) is 1. The minimum atomic E-state index is -1.12. The highest BCUT2D eigenvalue weighted by Gasteiger charge is 2.22. The second-order valence-corrected chi connectivity index (χ2v) is 5.90. The Kier molecular flexibility index (Phi) is 3.22. The number of nitrogens with one attached hydrogen (secondary N) is 1. The number of nitrogens with zero attached hydrogens (tertiary/aromatic N) is 3. The van der Waals surface area contributed by atoms with Crippen LogP contribution in [0.15, 0.2) is 42.9 Å². The summed E-state index contributed by atoms with van der Waals surface area (Å²) in [6, 6.07) is 7.70. The highest BCUT2D eigenvalue weighted by atomic mass is 16.4. The highest BCUT2D eigenvalue weighted by Crippen LogP contribution is 2.32. The predicted octanol–water partition coefficient (Wildman–Crippen LogP) is 3.60. The number of anilines is 1. The van der Waals surface area contributed by atoms with Crippen molar-refractivity contribution in [1.82, 2.24) is 14.5 Å². The Morgan fingerprint density at radius 2 is 2.13 bits per heavy atom. The maximum atomic E-state index is 10.7. The third-order valence-corrected chi connectivity index (χ3v) is 4.10. The second kappa shape index (κ2) is 5.39. The first-order valence-electron chi connectivity index (χ1n) is 7.60. The number of fused-ring (bicyclic) bond motifs is 1. The van der Waals surface area contributed by atoms with Gasteiger partial charge in [-0.05, 0) is 48.6 Å². The molecule has 0 unspecified atom stereocenters. The van der Waals surface area contributed by atoms with E-state index in [4.69, 9.17) is 5.11 Å². The molecule has 116 valence electrons. The topological polar surface area (TPSA) is 80.0 Å². The van der Waals surface area contributed by atoms with Gasteiger partial charge in [-0.3, -0.25) is 10.3 Å². The smallest absolute Gasteiger partial charge is 0.410 e. The highest BCUT2D eigenvalue weighted by molar-refractivity contribution is 5.84. The Balaban J connectivity index is 1.71. The van der Waals surface area contributed by atoms with Crippen molar-refractivity contribution in [3.05, 3.63) is 42.9 Å². The van der Waals surface area contributed by atoms with E-state index < -0.39 is 6.09 Å². The standard InChI is InChI=1S/C17H16N4O2/c22-17(23)20-16-8-12(3-5-18-16)13-7-15-14(19-9-13)4-6-21(15)10-11-1-2-11/h3-9,11H,1-2,10H2,(H,18,20)(H,22,23). The van der Waals surface area contributed by atoms with E-state index in [0.717, 1.165) is 34.6 Å². The van der Waals surface area contributed by atoms with E-state index in [2.05, 4.69) is 32.1 Å². The summed E-state index contributed by atoms with van der Waals surface area (Å²) in [7, 11) is 0. The number of hydrogen-bond acceptors (Lipinski definition) is 3. The van der Waals surface area contributed by atoms with Crippen LogP contribution in [0.5, 0.6) is 0 Å². The zero-order chi connectivity index (χ0) is 15.8. The van der Waals surface area contributed by atoms with Gasteiger partial charge < -0.3 is 9.67 Å². The van der Waals surface area contributed by atoms with E-state index >= 15 is 0 Å². The summed E-state index contributed by atoms with van der Waals surface area (Å²) in [5.41, 5.74) is 3.92. The van der Waals surface area contributed by atoms with E-state index in [9.17, 15) is 4.79 Å². The summed E-state index contributed by atoms with van der Waals surface area (Å²) in [5.74, 6) is 1.10. The minimum absolute atomic E-state index is 0.309. The number of rotatable bonds is 4. The molecule has 3 aromatic heterocycles. The molecule has 0 radical (unpaired) electrons. The first-order chi connectivity index (χ1) is 11.2. The molecule has 1 saturated carbocycles. The SMILES string of the molecule is O=C(O)Nc1cc(-c2cnc3ccn(CC4CC4)c3c2)ccn1. The number of amides is 1. The van der Waals surface area contributed by atoms with Crippen LogP contribution in [0.25, 0.3) is 22.2 Å². The number of aromatic nitrogens is 3. The minimum Gasteiger partial charge on any atom is -0.465 e. The van der Waals surface area contributed by atoms with Crippen molar-refractivity contribution in [2.75, 3.05) is 5.32 Å². The molecular formula is C17H16N4O2. The molecule has 1 amide bonds. The average molecular weight is 308 g/mol. The summed E-state index contributed by atoms with van der Waals surface area (Å²) in [5, 5.41) is 11.1. The zero-order valence-electron chi connectivity index (χ0n) is 12.4. The van der Waals surface area contributed by atoms with Crippen LogP contribution in [0.2, 0.25) is 0 Å². The van der Waals surface area contributed by atoms with E-state index in [1.54, 1.807) is 12.3 Å².